The minimum atomic E-state index is -3.93. The number of aromatic nitrogens is 1. The Morgan fingerprint density at radius 1 is 1.19 bits per heavy atom. The number of nitrogens with zero attached hydrogens (tertiary/aromatic N) is 2. The van der Waals surface area contributed by atoms with Crippen LogP contribution in [0.1, 0.15) is 38.4 Å². The van der Waals surface area contributed by atoms with Crippen LogP contribution in [0.2, 0.25) is 0 Å². The fraction of sp³-hybridized carbons (Fsp3) is 0.409. The molecule has 1 aliphatic rings. The van der Waals surface area contributed by atoms with E-state index in [1.165, 1.54) is 6.07 Å². The minimum Gasteiger partial charge on any atom is -0.349 e. The first-order valence-corrected chi connectivity index (χ1v) is 11.8. The van der Waals surface area contributed by atoms with Crippen LogP contribution in [-0.4, -0.2) is 37.8 Å². The molecule has 2 heterocycles. The Kier molecular flexibility index (Phi) is 7.07. The monoisotopic (exact) mass is 444 g/mol. The first-order chi connectivity index (χ1) is 14.7. The van der Waals surface area contributed by atoms with Crippen molar-refractivity contribution in [1.82, 2.24) is 15.0 Å². The molecule has 0 radical (unpaired) electrons. The average Bonchev–Trinajstić information content (AvgIpc) is 3.19. The second-order valence-electron chi connectivity index (χ2n) is 7.82. The number of carbonyl (C=O) groups is 2. The van der Waals surface area contributed by atoms with Gasteiger partial charge in [0.2, 0.25) is 21.8 Å². The molecular formula is C22H28N4O4S. The number of hydrogen-bond donors (Lipinski definition) is 2. The summed E-state index contributed by atoms with van der Waals surface area (Å²) < 4.78 is 28.6. The third-order valence-electron chi connectivity index (χ3n) is 5.26. The molecule has 8 nitrogen and oxygen atoms in total. The standard InChI is InChI=1S/C22H28N4O4S/c1-4-20(27)26-12-10-16-13-18(8-9-19(16)26)31(29,30)25-21(15(2)3)22(28)24-14-17-7-5-6-11-23-17/h5-9,11,13,15,21,25H,4,10,12,14H2,1-3H3,(H,24,28). The second-order valence-corrected chi connectivity index (χ2v) is 9.54. The Morgan fingerprint density at radius 3 is 2.61 bits per heavy atom. The molecular weight excluding hydrogens is 416 g/mol. The number of pyridine rings is 1. The molecule has 31 heavy (non-hydrogen) atoms. The van der Waals surface area contributed by atoms with Crippen LogP contribution in [0.25, 0.3) is 0 Å². The lowest BCUT2D eigenvalue weighted by molar-refractivity contribution is -0.123. The van der Waals surface area contributed by atoms with Crippen molar-refractivity contribution in [2.45, 2.75) is 51.1 Å². The highest BCUT2D eigenvalue weighted by Gasteiger charge is 2.30. The molecule has 1 aromatic carbocycles. The summed E-state index contributed by atoms with van der Waals surface area (Å²) in [5, 5.41) is 2.75. The molecule has 1 aliphatic heterocycles. The van der Waals surface area contributed by atoms with E-state index in [9.17, 15) is 18.0 Å². The third kappa shape index (κ3) is 5.29. The quantitative estimate of drug-likeness (QED) is 0.647. The lowest BCUT2D eigenvalue weighted by atomic mass is 10.1. The number of rotatable bonds is 8. The summed E-state index contributed by atoms with van der Waals surface area (Å²) >= 11 is 0. The van der Waals surface area contributed by atoms with Crippen LogP contribution in [0.3, 0.4) is 0 Å². The molecule has 1 aromatic heterocycles. The number of anilines is 1. The van der Waals surface area contributed by atoms with Crippen molar-refractivity contribution in [2.75, 3.05) is 11.4 Å². The summed E-state index contributed by atoms with van der Waals surface area (Å²) in [7, 11) is -3.93. The molecule has 1 atom stereocenters. The summed E-state index contributed by atoms with van der Waals surface area (Å²) in [6, 6.07) is 9.18. The molecule has 166 valence electrons. The van der Waals surface area contributed by atoms with Gasteiger partial charge in [0.1, 0.15) is 6.04 Å². The van der Waals surface area contributed by atoms with E-state index in [0.717, 1.165) is 11.3 Å². The number of amides is 2. The Labute approximate surface area is 183 Å². The van der Waals surface area contributed by atoms with E-state index in [1.807, 2.05) is 6.07 Å². The van der Waals surface area contributed by atoms with Gasteiger partial charge in [0, 0.05) is 24.8 Å². The van der Waals surface area contributed by atoms with E-state index in [4.69, 9.17) is 0 Å². The zero-order chi connectivity index (χ0) is 22.6. The van der Waals surface area contributed by atoms with Crippen LogP contribution in [0, 0.1) is 5.92 Å². The van der Waals surface area contributed by atoms with Gasteiger partial charge in [-0.1, -0.05) is 26.8 Å². The Balaban J connectivity index is 1.74. The van der Waals surface area contributed by atoms with Crippen molar-refractivity contribution in [3.63, 3.8) is 0 Å². The van der Waals surface area contributed by atoms with Gasteiger partial charge in [-0.3, -0.25) is 14.6 Å². The van der Waals surface area contributed by atoms with Crippen LogP contribution in [-0.2, 0) is 32.6 Å². The van der Waals surface area contributed by atoms with Crippen molar-refractivity contribution < 1.29 is 18.0 Å². The number of carbonyl (C=O) groups excluding carboxylic acids is 2. The highest BCUT2D eigenvalue weighted by atomic mass is 32.2. The highest BCUT2D eigenvalue weighted by Crippen LogP contribution is 2.30. The Morgan fingerprint density at radius 2 is 1.97 bits per heavy atom. The lowest BCUT2D eigenvalue weighted by Gasteiger charge is -2.22. The van der Waals surface area contributed by atoms with E-state index < -0.39 is 22.0 Å². The van der Waals surface area contributed by atoms with Crippen molar-refractivity contribution >= 4 is 27.5 Å². The van der Waals surface area contributed by atoms with E-state index in [-0.39, 0.29) is 23.3 Å². The van der Waals surface area contributed by atoms with Gasteiger partial charge in [0.05, 0.1) is 17.1 Å². The molecule has 2 N–H and O–H groups in total. The van der Waals surface area contributed by atoms with E-state index in [2.05, 4.69) is 15.0 Å². The van der Waals surface area contributed by atoms with Gasteiger partial charge in [0.25, 0.3) is 0 Å². The summed E-state index contributed by atoms with van der Waals surface area (Å²) in [6.45, 7) is 6.12. The first-order valence-electron chi connectivity index (χ1n) is 10.4. The minimum absolute atomic E-state index is 0.0110. The van der Waals surface area contributed by atoms with Crippen LogP contribution in [0.5, 0.6) is 0 Å². The zero-order valence-corrected chi connectivity index (χ0v) is 18.8. The Bertz CT molecular complexity index is 1050. The van der Waals surface area contributed by atoms with Gasteiger partial charge in [-0.05, 0) is 48.2 Å². The molecule has 2 aromatic rings. The molecule has 0 fully saturated rings. The van der Waals surface area contributed by atoms with Gasteiger partial charge in [0.15, 0.2) is 0 Å². The zero-order valence-electron chi connectivity index (χ0n) is 18.0. The molecule has 2 amide bonds. The fourth-order valence-electron chi connectivity index (χ4n) is 3.51. The third-order valence-corrected chi connectivity index (χ3v) is 6.70. The summed E-state index contributed by atoms with van der Waals surface area (Å²) in [6.07, 6.45) is 2.63. The summed E-state index contributed by atoms with van der Waals surface area (Å²) in [5.74, 6) is -0.660. The Hall–Kier alpha value is -2.78. The number of nitrogens with one attached hydrogen (secondary N) is 2. The average molecular weight is 445 g/mol. The molecule has 0 saturated heterocycles. The fourth-order valence-corrected chi connectivity index (χ4v) is 4.91. The molecule has 9 heteroatoms. The lowest BCUT2D eigenvalue weighted by Crippen LogP contribution is -2.49. The van der Waals surface area contributed by atoms with Crippen LogP contribution in [0.4, 0.5) is 5.69 Å². The largest absolute Gasteiger partial charge is 0.349 e. The molecule has 0 bridgehead atoms. The van der Waals surface area contributed by atoms with Crippen LogP contribution >= 0.6 is 0 Å². The van der Waals surface area contributed by atoms with Crippen LogP contribution < -0.4 is 14.9 Å². The predicted octanol–water partition coefficient (Wildman–Crippen LogP) is 2.00. The molecule has 0 saturated carbocycles. The number of sulfonamides is 1. The van der Waals surface area contributed by atoms with Gasteiger partial charge < -0.3 is 10.2 Å². The SMILES string of the molecule is CCC(=O)N1CCc2cc(S(=O)(=O)NC(C(=O)NCc3ccccn3)C(C)C)ccc21. The summed E-state index contributed by atoms with van der Waals surface area (Å²) in [5.41, 5.74) is 2.25. The number of hydrogen-bond acceptors (Lipinski definition) is 5. The maximum Gasteiger partial charge on any atom is 0.241 e. The smallest absolute Gasteiger partial charge is 0.241 e. The van der Waals surface area contributed by atoms with Crippen molar-refractivity contribution in [2.24, 2.45) is 5.92 Å². The highest BCUT2D eigenvalue weighted by molar-refractivity contribution is 7.89. The van der Waals surface area contributed by atoms with E-state index in [1.54, 1.807) is 56.1 Å². The molecule has 3 rings (SSSR count). The number of fused-ring (bicyclic) bond motifs is 1. The van der Waals surface area contributed by atoms with E-state index >= 15 is 0 Å². The van der Waals surface area contributed by atoms with Crippen molar-refractivity contribution in [1.29, 1.82) is 0 Å². The van der Waals surface area contributed by atoms with Gasteiger partial charge in [-0.15, -0.1) is 0 Å². The van der Waals surface area contributed by atoms with E-state index in [0.29, 0.717) is 25.1 Å². The molecule has 0 spiro atoms. The van der Waals surface area contributed by atoms with Gasteiger partial charge in [-0.2, -0.15) is 4.72 Å². The predicted molar refractivity (Wildman–Crippen MR) is 118 cm³/mol. The van der Waals surface area contributed by atoms with Gasteiger partial charge in [-0.25, -0.2) is 8.42 Å². The first kappa shape index (κ1) is 22.9. The molecule has 1 unspecified atom stereocenters. The van der Waals surface area contributed by atoms with Crippen molar-refractivity contribution in [3.8, 4) is 0 Å². The van der Waals surface area contributed by atoms with Crippen LogP contribution in [0.15, 0.2) is 47.5 Å². The topological polar surface area (TPSA) is 108 Å². The number of benzene rings is 1. The summed E-state index contributed by atoms with van der Waals surface area (Å²) in [4.78, 5) is 30.7. The van der Waals surface area contributed by atoms with Crippen molar-refractivity contribution in [3.05, 3.63) is 53.9 Å². The molecule has 0 aliphatic carbocycles. The normalized spacial score (nSPS) is 14.4. The second kappa shape index (κ2) is 9.57. The van der Waals surface area contributed by atoms with Gasteiger partial charge >= 0.3 is 0 Å². The maximum absolute atomic E-state index is 13.0. The maximum atomic E-state index is 13.0.